The van der Waals surface area contributed by atoms with Gasteiger partial charge in [0.15, 0.2) is 0 Å². The molecule has 0 saturated heterocycles. The van der Waals surface area contributed by atoms with Crippen LogP contribution in [0.4, 0.5) is 5.69 Å². The molecule has 4 nitrogen and oxygen atoms in total. The summed E-state index contributed by atoms with van der Waals surface area (Å²) >= 11 is 0. The summed E-state index contributed by atoms with van der Waals surface area (Å²) in [6, 6.07) is 12.3. The Balaban J connectivity index is 1.78. The van der Waals surface area contributed by atoms with Crippen molar-refractivity contribution in [3.63, 3.8) is 0 Å². The summed E-state index contributed by atoms with van der Waals surface area (Å²) in [6.45, 7) is 14.6. The molecule has 28 heavy (non-hydrogen) atoms. The molecule has 2 N–H and O–H groups in total. The minimum absolute atomic E-state index is 0.0117. The minimum Gasteiger partial charge on any atom is -0.384 e. The zero-order chi connectivity index (χ0) is 20.8. The average Bonchev–Trinajstić information content (AvgIpc) is 2.60. The SMILES string of the molecule is CC(C)(C)CCNc1ccc(CNC(=O)Cc2ccc(C(C)(C)C)cc2)nc1. The third kappa shape index (κ3) is 7.71. The van der Waals surface area contributed by atoms with Crippen molar-refractivity contribution < 1.29 is 4.79 Å². The van der Waals surface area contributed by atoms with Gasteiger partial charge in [0.1, 0.15) is 0 Å². The number of nitrogens with one attached hydrogen (secondary N) is 2. The average molecular weight is 382 g/mol. The minimum atomic E-state index is 0.0117. The van der Waals surface area contributed by atoms with Crippen LogP contribution >= 0.6 is 0 Å². The number of carbonyl (C=O) groups excluding carboxylic acids is 1. The molecule has 152 valence electrons. The van der Waals surface area contributed by atoms with Crippen molar-refractivity contribution in [3.05, 3.63) is 59.4 Å². The van der Waals surface area contributed by atoms with Crippen molar-refractivity contribution in [2.45, 2.75) is 66.3 Å². The maximum absolute atomic E-state index is 12.2. The van der Waals surface area contributed by atoms with Crippen LogP contribution in [-0.4, -0.2) is 17.4 Å². The zero-order valence-corrected chi connectivity index (χ0v) is 18.2. The Hall–Kier alpha value is -2.36. The maximum atomic E-state index is 12.2. The van der Waals surface area contributed by atoms with E-state index in [1.54, 1.807) is 0 Å². The molecule has 0 atom stereocenters. The van der Waals surface area contributed by atoms with Gasteiger partial charge in [-0.05, 0) is 40.5 Å². The standard InChI is InChI=1S/C24H35N3O/c1-23(2,3)13-14-25-20-11-12-21(26-16-20)17-27-22(28)15-18-7-9-19(10-8-18)24(4,5)6/h7-12,16,25H,13-15,17H2,1-6H3,(H,27,28). The number of pyridine rings is 1. The van der Waals surface area contributed by atoms with Gasteiger partial charge in [-0.2, -0.15) is 0 Å². The maximum Gasteiger partial charge on any atom is 0.224 e. The normalized spacial score (nSPS) is 11.9. The van der Waals surface area contributed by atoms with Crippen LogP contribution in [0.2, 0.25) is 0 Å². The molecule has 0 unspecified atom stereocenters. The van der Waals surface area contributed by atoms with Crippen molar-refractivity contribution in [2.24, 2.45) is 5.41 Å². The van der Waals surface area contributed by atoms with Crippen molar-refractivity contribution >= 4 is 11.6 Å². The zero-order valence-electron chi connectivity index (χ0n) is 18.2. The topological polar surface area (TPSA) is 54.0 Å². The molecule has 2 rings (SSSR count). The monoisotopic (exact) mass is 381 g/mol. The molecule has 1 amide bonds. The number of amides is 1. The first-order valence-electron chi connectivity index (χ1n) is 10.1. The van der Waals surface area contributed by atoms with Crippen LogP contribution in [0.5, 0.6) is 0 Å². The summed E-state index contributed by atoms with van der Waals surface area (Å²) in [5.74, 6) is 0.0117. The quantitative estimate of drug-likeness (QED) is 0.703. The molecule has 1 aromatic heterocycles. The molecule has 0 spiro atoms. The number of rotatable bonds is 7. The third-order valence-electron chi connectivity index (χ3n) is 4.68. The lowest BCUT2D eigenvalue weighted by atomic mass is 9.86. The summed E-state index contributed by atoms with van der Waals surface area (Å²) in [7, 11) is 0. The molecular formula is C24H35N3O. The lowest BCUT2D eigenvalue weighted by Crippen LogP contribution is -2.25. The smallest absolute Gasteiger partial charge is 0.224 e. The molecule has 0 saturated carbocycles. The molecule has 0 radical (unpaired) electrons. The molecule has 4 heteroatoms. The van der Waals surface area contributed by atoms with Crippen molar-refractivity contribution in [3.8, 4) is 0 Å². The van der Waals surface area contributed by atoms with Gasteiger partial charge in [0.2, 0.25) is 5.91 Å². The first kappa shape index (κ1) is 21.9. The van der Waals surface area contributed by atoms with E-state index in [-0.39, 0.29) is 11.3 Å². The van der Waals surface area contributed by atoms with Gasteiger partial charge in [0.25, 0.3) is 0 Å². The van der Waals surface area contributed by atoms with Crippen LogP contribution in [0.25, 0.3) is 0 Å². The fraction of sp³-hybridized carbons (Fsp3) is 0.500. The highest BCUT2D eigenvalue weighted by Crippen LogP contribution is 2.22. The number of hydrogen-bond donors (Lipinski definition) is 2. The van der Waals surface area contributed by atoms with Crippen LogP contribution in [0.15, 0.2) is 42.6 Å². The Morgan fingerprint density at radius 1 is 0.964 bits per heavy atom. The first-order valence-corrected chi connectivity index (χ1v) is 10.1. The third-order valence-corrected chi connectivity index (χ3v) is 4.68. The lowest BCUT2D eigenvalue weighted by molar-refractivity contribution is -0.120. The molecule has 2 aromatic rings. The van der Waals surface area contributed by atoms with E-state index < -0.39 is 0 Å². The fourth-order valence-corrected chi connectivity index (χ4v) is 2.78. The van der Waals surface area contributed by atoms with Crippen molar-refractivity contribution in [2.75, 3.05) is 11.9 Å². The summed E-state index contributed by atoms with van der Waals surface area (Å²) in [6.07, 6.45) is 3.31. The van der Waals surface area contributed by atoms with E-state index in [1.165, 1.54) is 5.56 Å². The Bertz CT molecular complexity index is 750. The number of carbonyl (C=O) groups is 1. The number of benzene rings is 1. The van der Waals surface area contributed by atoms with Gasteiger partial charge in [-0.15, -0.1) is 0 Å². The van der Waals surface area contributed by atoms with E-state index in [1.807, 2.05) is 30.5 Å². The number of anilines is 1. The van der Waals surface area contributed by atoms with Crippen LogP contribution in [0.1, 0.15) is 64.8 Å². The van der Waals surface area contributed by atoms with Crippen LogP contribution < -0.4 is 10.6 Å². The fourth-order valence-electron chi connectivity index (χ4n) is 2.78. The van der Waals surface area contributed by atoms with Gasteiger partial charge in [-0.25, -0.2) is 0 Å². The number of nitrogens with zero attached hydrogens (tertiary/aromatic N) is 1. The van der Waals surface area contributed by atoms with Gasteiger partial charge >= 0.3 is 0 Å². The second-order valence-corrected chi connectivity index (χ2v) is 9.68. The molecule has 0 aliphatic rings. The largest absolute Gasteiger partial charge is 0.384 e. The van der Waals surface area contributed by atoms with Crippen LogP contribution in [-0.2, 0) is 23.2 Å². The molecule has 0 aliphatic heterocycles. The summed E-state index contributed by atoms with van der Waals surface area (Å²) in [4.78, 5) is 16.7. The lowest BCUT2D eigenvalue weighted by Gasteiger charge is -2.19. The Morgan fingerprint density at radius 3 is 2.18 bits per heavy atom. The van der Waals surface area contributed by atoms with Crippen LogP contribution in [0, 0.1) is 5.41 Å². The molecule has 1 heterocycles. The molecule has 0 aliphatic carbocycles. The van der Waals surface area contributed by atoms with Gasteiger partial charge in [0.05, 0.1) is 30.5 Å². The summed E-state index contributed by atoms with van der Waals surface area (Å²) < 4.78 is 0. The number of aromatic nitrogens is 1. The van der Waals surface area contributed by atoms with E-state index >= 15 is 0 Å². The highest BCUT2D eigenvalue weighted by Gasteiger charge is 2.13. The van der Waals surface area contributed by atoms with E-state index in [9.17, 15) is 4.79 Å². The molecule has 0 fully saturated rings. The van der Waals surface area contributed by atoms with Crippen LogP contribution in [0.3, 0.4) is 0 Å². The van der Waals surface area contributed by atoms with E-state index in [2.05, 4.69) is 69.3 Å². The van der Waals surface area contributed by atoms with E-state index in [4.69, 9.17) is 0 Å². The van der Waals surface area contributed by atoms with Gasteiger partial charge in [0, 0.05) is 6.54 Å². The molecule has 0 bridgehead atoms. The second kappa shape index (κ2) is 9.22. The Labute approximate surface area is 170 Å². The molecule has 1 aromatic carbocycles. The summed E-state index contributed by atoms with van der Waals surface area (Å²) in [5, 5.41) is 6.34. The van der Waals surface area contributed by atoms with Gasteiger partial charge < -0.3 is 10.6 Å². The Kier molecular flexibility index (Phi) is 7.22. The predicted octanol–water partition coefficient (Wildman–Crippen LogP) is 5.09. The van der Waals surface area contributed by atoms with E-state index in [0.29, 0.717) is 18.4 Å². The predicted molar refractivity (Wildman–Crippen MR) is 117 cm³/mol. The first-order chi connectivity index (χ1) is 13.0. The van der Waals surface area contributed by atoms with Gasteiger partial charge in [-0.3, -0.25) is 9.78 Å². The van der Waals surface area contributed by atoms with Crippen molar-refractivity contribution in [1.29, 1.82) is 0 Å². The molecular weight excluding hydrogens is 346 g/mol. The summed E-state index contributed by atoms with van der Waals surface area (Å²) in [5.41, 5.74) is 4.61. The van der Waals surface area contributed by atoms with Gasteiger partial charge in [-0.1, -0.05) is 65.8 Å². The highest BCUT2D eigenvalue weighted by molar-refractivity contribution is 5.78. The highest BCUT2D eigenvalue weighted by atomic mass is 16.1. The second-order valence-electron chi connectivity index (χ2n) is 9.68. The van der Waals surface area contributed by atoms with Crippen molar-refractivity contribution in [1.82, 2.24) is 10.3 Å². The number of hydrogen-bond acceptors (Lipinski definition) is 3. The van der Waals surface area contributed by atoms with E-state index in [0.717, 1.165) is 29.9 Å². The Morgan fingerprint density at radius 2 is 1.64 bits per heavy atom.